The van der Waals surface area contributed by atoms with Gasteiger partial charge in [0.15, 0.2) is 0 Å². The fraction of sp³-hybridized carbons (Fsp3) is 0.900. The van der Waals surface area contributed by atoms with Gasteiger partial charge in [-0.3, -0.25) is 4.79 Å². The van der Waals surface area contributed by atoms with E-state index in [1.807, 2.05) is 11.9 Å². The van der Waals surface area contributed by atoms with Gasteiger partial charge in [0.2, 0.25) is 0 Å². The Hall–Kier alpha value is -0.610. The molecular weight excluding hydrogens is 182 g/mol. The van der Waals surface area contributed by atoms with Crippen LogP contribution in [0, 0.1) is 11.8 Å². The maximum absolute atomic E-state index is 10.6. The normalized spacial score (nSPS) is 15.5. The van der Waals surface area contributed by atoms with E-state index in [1.54, 1.807) is 14.0 Å². The number of rotatable bonds is 7. The summed E-state index contributed by atoms with van der Waals surface area (Å²) in [5, 5.41) is 8.72. The highest BCUT2D eigenvalue weighted by Crippen LogP contribution is 2.02. The Labute approximate surface area is 85.9 Å². The lowest BCUT2D eigenvalue weighted by atomic mass is 10.1. The van der Waals surface area contributed by atoms with Gasteiger partial charge in [0.05, 0.1) is 5.92 Å². The van der Waals surface area contributed by atoms with Crippen molar-refractivity contribution in [2.75, 3.05) is 33.9 Å². The highest BCUT2D eigenvalue weighted by atomic mass is 16.5. The average Bonchev–Trinajstić information content (AvgIpc) is 2.03. The van der Waals surface area contributed by atoms with E-state index in [1.165, 1.54) is 0 Å². The van der Waals surface area contributed by atoms with Crippen molar-refractivity contribution >= 4 is 5.97 Å². The topological polar surface area (TPSA) is 49.8 Å². The van der Waals surface area contributed by atoms with Crippen LogP contribution in [-0.4, -0.2) is 49.8 Å². The minimum absolute atomic E-state index is 0.310. The standard InChI is InChI=1S/C10H21NO3/c1-8(7-14-4)5-11(3)6-9(2)10(12)13/h8-9H,5-7H2,1-4H3,(H,12,13). The number of ether oxygens (including phenoxy) is 1. The number of aliphatic carboxylic acids is 1. The van der Waals surface area contributed by atoms with Crippen LogP contribution in [0.1, 0.15) is 13.8 Å². The minimum atomic E-state index is -0.740. The highest BCUT2D eigenvalue weighted by Gasteiger charge is 2.14. The lowest BCUT2D eigenvalue weighted by Crippen LogP contribution is -2.32. The van der Waals surface area contributed by atoms with Crippen molar-refractivity contribution in [3.8, 4) is 0 Å². The van der Waals surface area contributed by atoms with Crippen LogP contribution < -0.4 is 0 Å². The largest absolute Gasteiger partial charge is 0.481 e. The summed E-state index contributed by atoms with van der Waals surface area (Å²) < 4.78 is 5.01. The van der Waals surface area contributed by atoms with Crippen LogP contribution in [0.15, 0.2) is 0 Å². The molecule has 0 saturated carbocycles. The summed E-state index contributed by atoms with van der Waals surface area (Å²) in [7, 11) is 3.61. The van der Waals surface area contributed by atoms with Gasteiger partial charge in [0, 0.05) is 26.8 Å². The Morgan fingerprint density at radius 1 is 1.43 bits per heavy atom. The summed E-state index contributed by atoms with van der Waals surface area (Å²) in [6.45, 7) is 5.98. The van der Waals surface area contributed by atoms with Gasteiger partial charge in [0.25, 0.3) is 0 Å². The molecule has 0 aliphatic rings. The molecule has 0 aromatic carbocycles. The van der Waals surface area contributed by atoms with E-state index < -0.39 is 5.97 Å². The molecule has 0 aromatic rings. The lowest BCUT2D eigenvalue weighted by Gasteiger charge is -2.22. The molecule has 2 atom stereocenters. The summed E-state index contributed by atoms with van der Waals surface area (Å²) in [5.41, 5.74) is 0. The SMILES string of the molecule is COCC(C)CN(C)CC(C)C(=O)O. The van der Waals surface area contributed by atoms with E-state index in [2.05, 4.69) is 6.92 Å². The van der Waals surface area contributed by atoms with Crippen molar-refractivity contribution < 1.29 is 14.6 Å². The monoisotopic (exact) mass is 203 g/mol. The summed E-state index contributed by atoms with van der Waals surface area (Å²) >= 11 is 0. The van der Waals surface area contributed by atoms with Crippen molar-refractivity contribution in [3.63, 3.8) is 0 Å². The maximum atomic E-state index is 10.6. The van der Waals surface area contributed by atoms with E-state index >= 15 is 0 Å². The molecule has 0 rings (SSSR count). The fourth-order valence-corrected chi connectivity index (χ4v) is 1.49. The number of hydrogen-bond donors (Lipinski definition) is 1. The van der Waals surface area contributed by atoms with Gasteiger partial charge in [-0.15, -0.1) is 0 Å². The minimum Gasteiger partial charge on any atom is -0.481 e. The smallest absolute Gasteiger partial charge is 0.307 e. The second-order valence-electron chi connectivity index (χ2n) is 4.02. The Bertz CT molecular complexity index is 173. The molecule has 2 unspecified atom stereocenters. The third-order valence-electron chi connectivity index (χ3n) is 2.08. The first-order valence-corrected chi connectivity index (χ1v) is 4.87. The molecule has 1 N–H and O–H groups in total. The molecule has 0 bridgehead atoms. The molecule has 4 nitrogen and oxygen atoms in total. The van der Waals surface area contributed by atoms with Crippen molar-refractivity contribution in [3.05, 3.63) is 0 Å². The molecular formula is C10H21NO3. The Kier molecular flexibility index (Phi) is 6.49. The van der Waals surface area contributed by atoms with Gasteiger partial charge < -0.3 is 14.7 Å². The van der Waals surface area contributed by atoms with E-state index in [9.17, 15) is 4.79 Å². The van der Waals surface area contributed by atoms with Crippen molar-refractivity contribution in [2.45, 2.75) is 13.8 Å². The Morgan fingerprint density at radius 2 is 2.00 bits per heavy atom. The summed E-state index contributed by atoms with van der Waals surface area (Å²) in [6, 6.07) is 0. The Balaban J connectivity index is 3.74. The predicted octanol–water partition coefficient (Wildman–Crippen LogP) is 0.921. The summed E-state index contributed by atoms with van der Waals surface area (Å²) in [4.78, 5) is 12.6. The van der Waals surface area contributed by atoms with E-state index in [4.69, 9.17) is 9.84 Å². The maximum Gasteiger partial charge on any atom is 0.307 e. The van der Waals surface area contributed by atoms with Crippen molar-refractivity contribution in [1.82, 2.24) is 4.90 Å². The van der Waals surface area contributed by atoms with Crippen molar-refractivity contribution in [1.29, 1.82) is 0 Å². The third kappa shape index (κ3) is 5.94. The average molecular weight is 203 g/mol. The number of hydrogen-bond acceptors (Lipinski definition) is 3. The third-order valence-corrected chi connectivity index (χ3v) is 2.08. The molecule has 0 spiro atoms. The molecule has 0 aliphatic carbocycles. The van der Waals surface area contributed by atoms with Crippen LogP contribution in [0.25, 0.3) is 0 Å². The number of carbonyl (C=O) groups is 1. The summed E-state index contributed by atoms with van der Waals surface area (Å²) in [6.07, 6.45) is 0. The lowest BCUT2D eigenvalue weighted by molar-refractivity contribution is -0.141. The molecule has 0 heterocycles. The molecule has 14 heavy (non-hydrogen) atoms. The van der Waals surface area contributed by atoms with Gasteiger partial charge in [-0.1, -0.05) is 13.8 Å². The first-order valence-electron chi connectivity index (χ1n) is 4.87. The van der Waals surface area contributed by atoms with Gasteiger partial charge in [-0.2, -0.15) is 0 Å². The summed E-state index contributed by atoms with van der Waals surface area (Å²) in [5.74, 6) is -0.614. The Morgan fingerprint density at radius 3 is 2.43 bits per heavy atom. The highest BCUT2D eigenvalue weighted by molar-refractivity contribution is 5.69. The molecule has 0 radical (unpaired) electrons. The zero-order valence-electron chi connectivity index (χ0n) is 9.49. The second kappa shape index (κ2) is 6.79. The molecule has 84 valence electrons. The van der Waals surface area contributed by atoms with Gasteiger partial charge >= 0.3 is 5.97 Å². The number of nitrogens with zero attached hydrogens (tertiary/aromatic N) is 1. The van der Waals surface area contributed by atoms with E-state index in [0.717, 1.165) is 6.54 Å². The number of methoxy groups -OCH3 is 1. The molecule has 0 amide bonds. The quantitative estimate of drug-likeness (QED) is 0.668. The van der Waals surface area contributed by atoms with E-state index in [-0.39, 0.29) is 5.92 Å². The zero-order chi connectivity index (χ0) is 11.1. The number of carboxylic acids is 1. The van der Waals surface area contributed by atoms with Crippen molar-refractivity contribution in [2.24, 2.45) is 11.8 Å². The first-order chi connectivity index (χ1) is 6.47. The second-order valence-corrected chi connectivity index (χ2v) is 4.02. The van der Waals surface area contributed by atoms with Gasteiger partial charge in [-0.25, -0.2) is 0 Å². The molecule has 0 saturated heterocycles. The first kappa shape index (κ1) is 13.4. The van der Waals surface area contributed by atoms with Crippen LogP contribution in [0.5, 0.6) is 0 Å². The predicted molar refractivity (Wildman–Crippen MR) is 55.3 cm³/mol. The van der Waals surface area contributed by atoms with E-state index in [0.29, 0.717) is 19.1 Å². The van der Waals surface area contributed by atoms with Gasteiger partial charge in [0.1, 0.15) is 0 Å². The van der Waals surface area contributed by atoms with Crippen LogP contribution in [0.3, 0.4) is 0 Å². The van der Waals surface area contributed by atoms with Crippen LogP contribution in [-0.2, 0) is 9.53 Å². The fourth-order valence-electron chi connectivity index (χ4n) is 1.49. The van der Waals surface area contributed by atoms with Gasteiger partial charge in [-0.05, 0) is 13.0 Å². The van der Waals surface area contributed by atoms with Crippen LogP contribution in [0.4, 0.5) is 0 Å². The zero-order valence-corrected chi connectivity index (χ0v) is 9.49. The molecule has 0 aromatic heterocycles. The molecule has 4 heteroatoms. The number of carboxylic acid groups (broad SMARTS) is 1. The van der Waals surface area contributed by atoms with Crippen LogP contribution in [0.2, 0.25) is 0 Å². The van der Waals surface area contributed by atoms with Crippen LogP contribution >= 0.6 is 0 Å². The molecule has 0 fully saturated rings. The molecule has 0 aliphatic heterocycles.